The van der Waals surface area contributed by atoms with Crippen LogP contribution in [0.3, 0.4) is 0 Å². The second-order valence-corrected chi connectivity index (χ2v) is 10.7. The SMILES string of the molecule is C=CCC(C1=C(C)N(C(=O)Cn2nc(N3CCC4(CCC4)C3)cc(OC)c2=O)CC1)N1CCOCC1. The second kappa shape index (κ2) is 10.4. The minimum absolute atomic E-state index is 0.101. The molecule has 3 aliphatic heterocycles. The van der Waals surface area contributed by atoms with Crippen LogP contribution in [0.2, 0.25) is 0 Å². The molecule has 1 unspecified atom stereocenters. The van der Waals surface area contributed by atoms with Crippen molar-refractivity contribution in [2.24, 2.45) is 5.41 Å². The Balaban J connectivity index is 1.35. The Morgan fingerprint density at radius 2 is 2.03 bits per heavy atom. The average molecular weight is 498 g/mol. The van der Waals surface area contributed by atoms with Gasteiger partial charge >= 0.3 is 5.56 Å². The molecule has 1 aliphatic carbocycles. The molecule has 1 amide bonds. The summed E-state index contributed by atoms with van der Waals surface area (Å²) in [7, 11) is 1.50. The van der Waals surface area contributed by atoms with Crippen molar-refractivity contribution in [1.82, 2.24) is 19.6 Å². The van der Waals surface area contributed by atoms with Crippen molar-refractivity contribution in [3.05, 3.63) is 40.3 Å². The minimum Gasteiger partial charge on any atom is -0.491 e. The summed E-state index contributed by atoms with van der Waals surface area (Å²) in [5.41, 5.74) is 2.30. The maximum atomic E-state index is 13.5. The fourth-order valence-corrected chi connectivity index (χ4v) is 6.37. The molecule has 196 valence electrons. The molecule has 9 nitrogen and oxygen atoms in total. The molecule has 36 heavy (non-hydrogen) atoms. The monoisotopic (exact) mass is 497 g/mol. The molecule has 1 aromatic rings. The van der Waals surface area contributed by atoms with E-state index in [0.29, 0.717) is 12.0 Å². The van der Waals surface area contributed by atoms with E-state index < -0.39 is 0 Å². The molecule has 1 saturated carbocycles. The maximum absolute atomic E-state index is 13.5. The van der Waals surface area contributed by atoms with Crippen LogP contribution < -0.4 is 15.2 Å². The Kier molecular flexibility index (Phi) is 7.21. The van der Waals surface area contributed by atoms with Crippen LogP contribution in [0.15, 0.2) is 34.8 Å². The second-order valence-electron chi connectivity index (χ2n) is 10.7. The normalized spacial score (nSPS) is 22.7. The van der Waals surface area contributed by atoms with Crippen LogP contribution in [0, 0.1) is 5.41 Å². The van der Waals surface area contributed by atoms with E-state index in [9.17, 15) is 9.59 Å². The number of hydrogen-bond acceptors (Lipinski definition) is 7. The van der Waals surface area contributed by atoms with Crippen LogP contribution in [0.1, 0.15) is 45.4 Å². The van der Waals surface area contributed by atoms with Gasteiger partial charge in [0, 0.05) is 50.5 Å². The molecular weight excluding hydrogens is 458 g/mol. The number of nitrogens with zero attached hydrogens (tertiary/aromatic N) is 5. The summed E-state index contributed by atoms with van der Waals surface area (Å²) >= 11 is 0. The molecule has 0 N–H and O–H groups in total. The minimum atomic E-state index is -0.369. The van der Waals surface area contributed by atoms with E-state index in [4.69, 9.17) is 9.47 Å². The van der Waals surface area contributed by atoms with Crippen molar-refractivity contribution >= 4 is 11.7 Å². The average Bonchev–Trinajstić information content (AvgIpc) is 3.49. The number of anilines is 1. The van der Waals surface area contributed by atoms with Gasteiger partial charge < -0.3 is 19.3 Å². The molecule has 3 fully saturated rings. The van der Waals surface area contributed by atoms with Gasteiger partial charge in [0.25, 0.3) is 0 Å². The van der Waals surface area contributed by atoms with E-state index in [1.165, 1.54) is 36.6 Å². The van der Waals surface area contributed by atoms with Crippen LogP contribution in [-0.2, 0) is 16.1 Å². The summed E-state index contributed by atoms with van der Waals surface area (Å²) < 4.78 is 12.2. The zero-order valence-electron chi connectivity index (χ0n) is 21.7. The first kappa shape index (κ1) is 25.0. The van der Waals surface area contributed by atoms with E-state index in [0.717, 1.165) is 70.2 Å². The van der Waals surface area contributed by atoms with Crippen LogP contribution in [0.25, 0.3) is 0 Å². The number of allylic oxidation sites excluding steroid dienone is 1. The van der Waals surface area contributed by atoms with E-state index in [1.807, 2.05) is 17.9 Å². The molecular formula is C27H39N5O4. The number of methoxy groups -OCH3 is 1. The van der Waals surface area contributed by atoms with Crippen molar-refractivity contribution in [2.75, 3.05) is 57.9 Å². The summed E-state index contributed by atoms with van der Waals surface area (Å²) in [6.07, 6.45) is 8.60. The lowest BCUT2D eigenvalue weighted by atomic mass is 9.68. The van der Waals surface area contributed by atoms with Gasteiger partial charge in [-0.15, -0.1) is 6.58 Å². The largest absolute Gasteiger partial charge is 0.491 e. The Morgan fingerprint density at radius 3 is 2.67 bits per heavy atom. The third-order valence-corrected chi connectivity index (χ3v) is 8.66. The maximum Gasteiger partial charge on any atom is 0.309 e. The van der Waals surface area contributed by atoms with E-state index in [1.54, 1.807) is 6.07 Å². The lowest BCUT2D eigenvalue weighted by Gasteiger charge is -2.38. The Morgan fingerprint density at radius 1 is 1.25 bits per heavy atom. The van der Waals surface area contributed by atoms with E-state index in [-0.39, 0.29) is 29.8 Å². The van der Waals surface area contributed by atoms with Gasteiger partial charge in [-0.1, -0.05) is 12.5 Å². The van der Waals surface area contributed by atoms with Crippen LogP contribution >= 0.6 is 0 Å². The number of ether oxygens (including phenoxy) is 2. The van der Waals surface area contributed by atoms with E-state index in [2.05, 4.69) is 21.5 Å². The first-order chi connectivity index (χ1) is 17.4. The summed E-state index contributed by atoms with van der Waals surface area (Å²) in [5, 5.41) is 4.63. The predicted octanol–water partition coefficient (Wildman–Crippen LogP) is 2.42. The number of carbonyl (C=O) groups is 1. The summed E-state index contributed by atoms with van der Waals surface area (Å²) in [5.74, 6) is 0.832. The molecule has 4 aliphatic rings. The highest BCUT2D eigenvalue weighted by Crippen LogP contribution is 2.48. The van der Waals surface area contributed by atoms with Gasteiger partial charge in [-0.05, 0) is 50.0 Å². The standard InChI is InChI=1S/C27H39N5O4/c1-4-6-22(29-13-15-36-16-14-29)21-7-11-31(20(21)2)25(33)18-32-26(34)23(35-3)17-24(28-32)30-12-10-27(19-30)8-5-9-27/h4,17,22H,1,5-16,18-19H2,2-3H3. The van der Waals surface area contributed by atoms with Crippen LogP contribution in [0.4, 0.5) is 5.82 Å². The van der Waals surface area contributed by atoms with Gasteiger partial charge in [-0.3, -0.25) is 14.5 Å². The van der Waals surface area contributed by atoms with Crippen molar-refractivity contribution in [1.29, 1.82) is 0 Å². The predicted molar refractivity (Wildman–Crippen MR) is 138 cm³/mol. The number of rotatable bonds is 8. The fraction of sp³-hybridized carbons (Fsp3) is 0.667. The Hall–Kier alpha value is -2.65. The van der Waals surface area contributed by atoms with Crippen molar-refractivity contribution in [3.63, 3.8) is 0 Å². The molecule has 9 heteroatoms. The van der Waals surface area contributed by atoms with Crippen molar-refractivity contribution < 1.29 is 14.3 Å². The Bertz CT molecular complexity index is 1090. The molecule has 0 bridgehead atoms. The molecule has 5 rings (SSSR count). The van der Waals surface area contributed by atoms with Gasteiger partial charge in [-0.2, -0.15) is 5.10 Å². The molecule has 2 saturated heterocycles. The van der Waals surface area contributed by atoms with Gasteiger partial charge in [0.1, 0.15) is 6.54 Å². The fourth-order valence-electron chi connectivity index (χ4n) is 6.37. The number of carbonyl (C=O) groups excluding carboxylic acids is 1. The zero-order chi connectivity index (χ0) is 25.3. The van der Waals surface area contributed by atoms with Gasteiger partial charge in [-0.25, -0.2) is 4.68 Å². The first-order valence-corrected chi connectivity index (χ1v) is 13.3. The van der Waals surface area contributed by atoms with Crippen molar-refractivity contribution in [3.8, 4) is 5.75 Å². The Labute approximate surface area is 213 Å². The zero-order valence-corrected chi connectivity index (χ0v) is 21.7. The topological polar surface area (TPSA) is 80.1 Å². The number of hydrogen-bond donors (Lipinski definition) is 0. The summed E-state index contributed by atoms with van der Waals surface area (Å²) in [4.78, 5) is 32.9. The highest BCUT2D eigenvalue weighted by molar-refractivity contribution is 5.78. The molecule has 4 heterocycles. The highest BCUT2D eigenvalue weighted by atomic mass is 16.5. The van der Waals surface area contributed by atoms with Gasteiger partial charge in [0.05, 0.1) is 20.3 Å². The first-order valence-electron chi connectivity index (χ1n) is 13.3. The number of morpholine rings is 1. The summed E-state index contributed by atoms with van der Waals surface area (Å²) in [6, 6.07) is 1.95. The number of amides is 1. The highest BCUT2D eigenvalue weighted by Gasteiger charge is 2.43. The van der Waals surface area contributed by atoms with Crippen LogP contribution in [-0.4, -0.2) is 84.6 Å². The summed E-state index contributed by atoms with van der Waals surface area (Å²) in [6.45, 7) is 11.6. The van der Waals surface area contributed by atoms with Gasteiger partial charge in [0.15, 0.2) is 11.6 Å². The van der Waals surface area contributed by atoms with Gasteiger partial charge in [0.2, 0.25) is 5.91 Å². The third-order valence-electron chi connectivity index (χ3n) is 8.66. The quantitative estimate of drug-likeness (QED) is 0.511. The molecule has 0 aromatic carbocycles. The van der Waals surface area contributed by atoms with E-state index >= 15 is 0 Å². The lowest BCUT2D eigenvalue weighted by Crippen LogP contribution is -2.44. The third kappa shape index (κ3) is 4.70. The lowest BCUT2D eigenvalue weighted by molar-refractivity contribution is -0.129. The smallest absolute Gasteiger partial charge is 0.309 e. The molecule has 1 atom stereocenters. The van der Waals surface area contributed by atoms with Crippen LogP contribution in [0.5, 0.6) is 5.75 Å². The van der Waals surface area contributed by atoms with Crippen molar-refractivity contribution in [2.45, 2.75) is 58.0 Å². The molecule has 1 spiro atoms. The number of aromatic nitrogens is 2. The molecule has 0 radical (unpaired) electrons. The molecule has 1 aromatic heterocycles.